The van der Waals surface area contributed by atoms with Gasteiger partial charge in [-0.1, -0.05) is 12.8 Å². The van der Waals surface area contributed by atoms with Gasteiger partial charge >= 0.3 is 0 Å². The highest BCUT2D eigenvalue weighted by molar-refractivity contribution is 4.84. The van der Waals surface area contributed by atoms with Crippen LogP contribution < -0.4 is 0 Å². The van der Waals surface area contributed by atoms with Crippen molar-refractivity contribution >= 4 is 0 Å². The molecule has 0 N–H and O–H groups in total. The average Bonchev–Trinajstić information content (AvgIpc) is 2.74. The highest BCUT2D eigenvalue weighted by Gasteiger charge is 2.42. The third-order valence-corrected chi connectivity index (χ3v) is 4.44. The van der Waals surface area contributed by atoms with Crippen molar-refractivity contribution in [2.45, 2.75) is 63.3 Å². The van der Waals surface area contributed by atoms with E-state index < -0.39 is 0 Å². The second kappa shape index (κ2) is 5.25. The van der Waals surface area contributed by atoms with E-state index in [0.29, 0.717) is 6.10 Å². The van der Waals surface area contributed by atoms with Crippen LogP contribution in [-0.2, 0) is 9.47 Å². The molecule has 1 aliphatic carbocycles. The Morgan fingerprint density at radius 3 is 2.41 bits per heavy atom. The Hall–Kier alpha value is -0.120. The Morgan fingerprint density at radius 2 is 1.65 bits per heavy atom. The number of hydrogen-bond acceptors (Lipinski definition) is 3. The van der Waals surface area contributed by atoms with Gasteiger partial charge in [-0.2, -0.15) is 0 Å². The Morgan fingerprint density at radius 1 is 0.941 bits per heavy atom. The van der Waals surface area contributed by atoms with Gasteiger partial charge in [0.1, 0.15) is 0 Å². The number of rotatable bonds is 2. The molecule has 1 saturated carbocycles. The van der Waals surface area contributed by atoms with E-state index in [9.17, 15) is 0 Å². The molecular formula is C14H25NO2. The fraction of sp³-hybridized carbons (Fsp3) is 1.00. The zero-order valence-electron chi connectivity index (χ0n) is 10.8. The summed E-state index contributed by atoms with van der Waals surface area (Å²) >= 11 is 0. The maximum absolute atomic E-state index is 6.23. The van der Waals surface area contributed by atoms with Crippen molar-refractivity contribution in [1.29, 1.82) is 0 Å². The lowest BCUT2D eigenvalue weighted by molar-refractivity contribution is -0.188. The van der Waals surface area contributed by atoms with Crippen molar-refractivity contribution in [3.05, 3.63) is 0 Å². The highest BCUT2D eigenvalue weighted by atomic mass is 16.7. The molecule has 1 spiro atoms. The third-order valence-electron chi connectivity index (χ3n) is 4.44. The second-order valence-electron chi connectivity index (χ2n) is 5.88. The summed E-state index contributed by atoms with van der Waals surface area (Å²) in [6.07, 6.45) is 10.6. The van der Waals surface area contributed by atoms with Gasteiger partial charge in [0.05, 0.1) is 12.7 Å². The minimum absolute atomic E-state index is 0.182. The Balaban J connectivity index is 1.49. The summed E-state index contributed by atoms with van der Waals surface area (Å²) < 4.78 is 12.2. The number of ether oxygens (including phenoxy) is 2. The molecule has 0 aromatic carbocycles. The lowest BCUT2D eigenvalue weighted by atomic mass is 9.94. The van der Waals surface area contributed by atoms with Crippen LogP contribution in [0.3, 0.4) is 0 Å². The Kier molecular flexibility index (Phi) is 3.69. The molecule has 2 saturated heterocycles. The van der Waals surface area contributed by atoms with Crippen LogP contribution >= 0.6 is 0 Å². The molecule has 2 heterocycles. The standard InChI is InChI=1S/C14H25NO2/c1-3-7-14(8-4-1)16-12-13(17-14)11-15-9-5-2-6-10-15/h13H,1-12H2. The first kappa shape index (κ1) is 11.9. The lowest BCUT2D eigenvalue weighted by Gasteiger charge is -2.33. The van der Waals surface area contributed by atoms with Gasteiger partial charge < -0.3 is 14.4 Å². The van der Waals surface area contributed by atoms with E-state index in [4.69, 9.17) is 9.47 Å². The summed E-state index contributed by atoms with van der Waals surface area (Å²) in [6, 6.07) is 0. The molecule has 2 aliphatic heterocycles. The predicted molar refractivity (Wildman–Crippen MR) is 66.9 cm³/mol. The third kappa shape index (κ3) is 2.83. The number of likely N-dealkylation sites (tertiary alicyclic amines) is 1. The first-order valence-electron chi connectivity index (χ1n) is 7.40. The van der Waals surface area contributed by atoms with E-state index in [0.717, 1.165) is 26.0 Å². The second-order valence-corrected chi connectivity index (χ2v) is 5.88. The number of hydrogen-bond donors (Lipinski definition) is 0. The molecule has 3 heteroatoms. The largest absolute Gasteiger partial charge is 0.347 e. The molecule has 0 radical (unpaired) electrons. The fourth-order valence-corrected chi connectivity index (χ4v) is 3.49. The number of nitrogens with zero attached hydrogens (tertiary/aromatic N) is 1. The SMILES string of the molecule is C1CCN(CC2COC3(CCCCC3)O2)CC1. The maximum atomic E-state index is 6.23. The summed E-state index contributed by atoms with van der Waals surface area (Å²) in [5, 5.41) is 0. The molecule has 1 atom stereocenters. The van der Waals surface area contributed by atoms with Gasteiger partial charge in [0.15, 0.2) is 5.79 Å². The van der Waals surface area contributed by atoms with E-state index in [1.807, 2.05) is 0 Å². The molecule has 17 heavy (non-hydrogen) atoms. The molecule has 3 fully saturated rings. The van der Waals surface area contributed by atoms with E-state index in [2.05, 4.69) is 4.90 Å². The lowest BCUT2D eigenvalue weighted by Crippen LogP contribution is -2.39. The van der Waals surface area contributed by atoms with Crippen LogP contribution in [0.25, 0.3) is 0 Å². The summed E-state index contributed by atoms with van der Waals surface area (Å²) in [5.74, 6) is -0.182. The molecular weight excluding hydrogens is 214 g/mol. The van der Waals surface area contributed by atoms with Gasteiger partial charge in [-0.25, -0.2) is 0 Å². The predicted octanol–water partition coefficient (Wildman–Crippen LogP) is 2.55. The van der Waals surface area contributed by atoms with Crippen molar-refractivity contribution in [2.24, 2.45) is 0 Å². The van der Waals surface area contributed by atoms with Crippen LogP contribution in [0.15, 0.2) is 0 Å². The molecule has 3 nitrogen and oxygen atoms in total. The average molecular weight is 239 g/mol. The topological polar surface area (TPSA) is 21.7 Å². The van der Waals surface area contributed by atoms with Gasteiger partial charge in [-0.15, -0.1) is 0 Å². The number of piperidine rings is 1. The zero-order valence-corrected chi connectivity index (χ0v) is 10.8. The van der Waals surface area contributed by atoms with Crippen molar-refractivity contribution in [1.82, 2.24) is 4.90 Å². The maximum Gasteiger partial charge on any atom is 0.168 e. The van der Waals surface area contributed by atoms with E-state index in [-0.39, 0.29) is 5.79 Å². The van der Waals surface area contributed by atoms with Crippen molar-refractivity contribution < 1.29 is 9.47 Å². The zero-order chi connectivity index (χ0) is 11.6. The van der Waals surface area contributed by atoms with Gasteiger partial charge in [-0.3, -0.25) is 0 Å². The first-order chi connectivity index (χ1) is 8.36. The normalized spacial score (nSPS) is 34.2. The smallest absolute Gasteiger partial charge is 0.168 e. The monoisotopic (exact) mass is 239 g/mol. The Bertz CT molecular complexity index is 245. The van der Waals surface area contributed by atoms with Crippen LogP contribution in [0.5, 0.6) is 0 Å². The fourth-order valence-electron chi connectivity index (χ4n) is 3.49. The van der Waals surface area contributed by atoms with Crippen molar-refractivity contribution in [3.8, 4) is 0 Å². The van der Waals surface area contributed by atoms with Crippen molar-refractivity contribution in [2.75, 3.05) is 26.2 Å². The summed E-state index contributed by atoms with van der Waals surface area (Å²) in [5.41, 5.74) is 0. The van der Waals surface area contributed by atoms with Crippen LogP contribution in [0, 0.1) is 0 Å². The summed E-state index contributed by atoms with van der Waals surface area (Å²) in [6.45, 7) is 4.41. The van der Waals surface area contributed by atoms with E-state index in [1.165, 1.54) is 51.6 Å². The first-order valence-corrected chi connectivity index (χ1v) is 7.40. The van der Waals surface area contributed by atoms with Crippen molar-refractivity contribution in [3.63, 3.8) is 0 Å². The van der Waals surface area contributed by atoms with E-state index in [1.54, 1.807) is 0 Å². The molecule has 0 bridgehead atoms. The van der Waals surface area contributed by atoms with Gasteiger partial charge in [-0.05, 0) is 38.8 Å². The molecule has 0 aromatic heterocycles. The molecule has 0 aromatic rings. The molecule has 0 amide bonds. The van der Waals surface area contributed by atoms with Crippen LogP contribution in [0.4, 0.5) is 0 Å². The molecule has 3 aliphatic rings. The summed E-state index contributed by atoms with van der Waals surface area (Å²) in [4.78, 5) is 2.55. The van der Waals surface area contributed by atoms with Crippen LogP contribution in [0.2, 0.25) is 0 Å². The molecule has 98 valence electrons. The molecule has 3 rings (SSSR count). The quantitative estimate of drug-likeness (QED) is 0.739. The van der Waals surface area contributed by atoms with Gasteiger partial charge in [0.2, 0.25) is 0 Å². The van der Waals surface area contributed by atoms with Gasteiger partial charge in [0, 0.05) is 19.4 Å². The van der Waals surface area contributed by atoms with Crippen LogP contribution in [0.1, 0.15) is 51.4 Å². The highest BCUT2D eigenvalue weighted by Crippen LogP contribution is 2.37. The summed E-state index contributed by atoms with van der Waals surface area (Å²) in [7, 11) is 0. The van der Waals surface area contributed by atoms with Crippen LogP contribution in [-0.4, -0.2) is 43.0 Å². The van der Waals surface area contributed by atoms with E-state index >= 15 is 0 Å². The van der Waals surface area contributed by atoms with Gasteiger partial charge in [0.25, 0.3) is 0 Å². The molecule has 1 unspecified atom stereocenters. The minimum atomic E-state index is -0.182. The minimum Gasteiger partial charge on any atom is -0.347 e. The Labute approximate surface area is 104 Å².